The molecule has 156 valence electrons. The zero-order chi connectivity index (χ0) is 20.7. The monoisotopic (exact) mass is 423 g/mol. The average Bonchev–Trinajstić information content (AvgIpc) is 3.41. The smallest absolute Gasteiger partial charge is 0.449 e. The summed E-state index contributed by atoms with van der Waals surface area (Å²) in [4.78, 5) is 25.6. The van der Waals surface area contributed by atoms with Crippen LogP contribution in [0.4, 0.5) is 14.9 Å². The molecule has 0 radical (unpaired) electrons. The fourth-order valence-electron chi connectivity index (χ4n) is 4.05. The van der Waals surface area contributed by atoms with Crippen molar-refractivity contribution in [3.63, 3.8) is 0 Å². The fourth-order valence-corrected chi connectivity index (χ4v) is 4.46. The maximum Gasteiger partial charge on any atom is 0.511 e. The molecule has 1 unspecified atom stereocenters. The van der Waals surface area contributed by atoms with Gasteiger partial charge in [0.15, 0.2) is 5.75 Å². The summed E-state index contributed by atoms with van der Waals surface area (Å²) in [5.41, 5.74) is 0.0559. The Hall–Kier alpha value is -2.32. The summed E-state index contributed by atoms with van der Waals surface area (Å²) in [6.45, 7) is 5.17. The molecule has 9 heteroatoms. The van der Waals surface area contributed by atoms with Crippen molar-refractivity contribution in [2.24, 2.45) is 5.92 Å². The summed E-state index contributed by atoms with van der Waals surface area (Å²) in [5.74, 6) is -0.524. The molecule has 7 nitrogen and oxygen atoms in total. The van der Waals surface area contributed by atoms with Crippen molar-refractivity contribution >= 4 is 34.3 Å². The van der Waals surface area contributed by atoms with Crippen LogP contribution in [0.3, 0.4) is 0 Å². The predicted octanol–water partition coefficient (Wildman–Crippen LogP) is 3.62. The van der Waals surface area contributed by atoms with Gasteiger partial charge in [0.25, 0.3) is 0 Å². The highest BCUT2D eigenvalue weighted by Gasteiger charge is 2.32. The summed E-state index contributed by atoms with van der Waals surface area (Å²) in [7, 11) is 0. The quantitative estimate of drug-likeness (QED) is 0.690. The zero-order valence-corrected chi connectivity index (χ0v) is 16.8. The molecule has 29 heavy (non-hydrogen) atoms. The lowest BCUT2D eigenvalue weighted by Crippen LogP contribution is -2.27. The molecule has 1 saturated carbocycles. The number of fused-ring (bicyclic) bond motifs is 1. The highest BCUT2D eigenvalue weighted by molar-refractivity contribution is 6.38. The largest absolute Gasteiger partial charge is 0.511 e. The van der Waals surface area contributed by atoms with Crippen molar-refractivity contribution in [1.82, 2.24) is 9.88 Å². The Labute approximate surface area is 172 Å². The van der Waals surface area contributed by atoms with Gasteiger partial charge in [0.1, 0.15) is 5.82 Å². The minimum Gasteiger partial charge on any atom is -0.449 e. The van der Waals surface area contributed by atoms with Crippen molar-refractivity contribution < 1.29 is 19.0 Å². The van der Waals surface area contributed by atoms with E-state index >= 15 is 4.39 Å². The maximum atomic E-state index is 15.1. The summed E-state index contributed by atoms with van der Waals surface area (Å²) >= 11 is 6.67. The molecular formula is C20H23ClFN3O4. The normalized spacial score (nSPS) is 19.1. The van der Waals surface area contributed by atoms with Crippen LogP contribution in [0.25, 0.3) is 10.9 Å². The van der Waals surface area contributed by atoms with Crippen LogP contribution in [0.5, 0.6) is 5.75 Å². The molecule has 2 aromatic rings. The van der Waals surface area contributed by atoms with E-state index in [4.69, 9.17) is 16.7 Å². The van der Waals surface area contributed by atoms with Crippen molar-refractivity contribution in [2.45, 2.75) is 32.2 Å². The van der Waals surface area contributed by atoms with Gasteiger partial charge in [-0.3, -0.25) is 4.79 Å². The van der Waals surface area contributed by atoms with Crippen LogP contribution in [0, 0.1) is 11.7 Å². The van der Waals surface area contributed by atoms with E-state index in [1.807, 2.05) is 11.8 Å². The summed E-state index contributed by atoms with van der Waals surface area (Å²) in [5, 5.41) is 12.5. The predicted molar refractivity (Wildman–Crippen MR) is 109 cm³/mol. The Morgan fingerprint density at radius 1 is 1.41 bits per heavy atom. The van der Waals surface area contributed by atoms with Gasteiger partial charge in [-0.25, -0.2) is 9.18 Å². The number of nitrogens with zero attached hydrogens (tertiary/aromatic N) is 2. The number of nitrogens with one attached hydrogen (secondary N) is 1. The number of pyridine rings is 1. The third kappa shape index (κ3) is 3.79. The number of hydrogen-bond donors (Lipinski definition) is 2. The molecule has 0 spiro atoms. The standard InChI is InChI=1S/C20H23ClFN3O4/c1-2-23-8-11-5-6-24(9-11)18-14(22)7-13-17(16(18)21)25(12-3-4-12)10-15(19(13)26)29-20(27)28/h7,10-12,23H,2-6,8-9H2,1H3,(H,27,28). The number of anilines is 1. The zero-order valence-electron chi connectivity index (χ0n) is 16.1. The van der Waals surface area contributed by atoms with Gasteiger partial charge < -0.3 is 24.6 Å². The minimum atomic E-state index is -1.59. The van der Waals surface area contributed by atoms with Crippen molar-refractivity contribution in [2.75, 3.05) is 31.1 Å². The van der Waals surface area contributed by atoms with Crippen molar-refractivity contribution in [3.05, 3.63) is 33.3 Å². The van der Waals surface area contributed by atoms with Gasteiger partial charge in [0.2, 0.25) is 5.43 Å². The first kappa shape index (κ1) is 20.0. The third-order valence-electron chi connectivity index (χ3n) is 5.57. The summed E-state index contributed by atoms with van der Waals surface area (Å²) in [6, 6.07) is 1.24. The molecule has 2 aliphatic rings. The Bertz CT molecular complexity index is 1020. The van der Waals surface area contributed by atoms with E-state index in [-0.39, 0.29) is 22.2 Å². The first-order valence-electron chi connectivity index (χ1n) is 9.84. The van der Waals surface area contributed by atoms with Gasteiger partial charge in [-0.1, -0.05) is 18.5 Å². The summed E-state index contributed by atoms with van der Waals surface area (Å²) in [6.07, 6.45) is 2.48. The lowest BCUT2D eigenvalue weighted by molar-refractivity contribution is 0.143. The topological polar surface area (TPSA) is 83.8 Å². The van der Waals surface area contributed by atoms with Crippen LogP contribution in [0.1, 0.15) is 32.2 Å². The Balaban J connectivity index is 1.81. The number of aromatic nitrogens is 1. The van der Waals surface area contributed by atoms with Gasteiger partial charge in [-0.15, -0.1) is 0 Å². The van der Waals surface area contributed by atoms with Crippen LogP contribution in [0.15, 0.2) is 17.1 Å². The number of rotatable bonds is 6. The first-order valence-corrected chi connectivity index (χ1v) is 10.2. The molecule has 2 fully saturated rings. The second-order valence-electron chi connectivity index (χ2n) is 7.65. The van der Waals surface area contributed by atoms with Gasteiger partial charge in [-0.2, -0.15) is 0 Å². The van der Waals surface area contributed by atoms with Gasteiger partial charge >= 0.3 is 6.16 Å². The van der Waals surface area contributed by atoms with Gasteiger partial charge in [0, 0.05) is 19.1 Å². The molecule has 0 bridgehead atoms. The van der Waals surface area contributed by atoms with E-state index in [0.717, 1.165) is 38.4 Å². The fraction of sp³-hybridized carbons (Fsp3) is 0.500. The van der Waals surface area contributed by atoms with Crippen LogP contribution >= 0.6 is 11.6 Å². The van der Waals surface area contributed by atoms with Crippen LogP contribution in [-0.2, 0) is 0 Å². The number of carboxylic acid groups (broad SMARTS) is 1. The van der Waals surface area contributed by atoms with Crippen molar-refractivity contribution in [1.29, 1.82) is 0 Å². The minimum absolute atomic E-state index is 0.0327. The van der Waals surface area contributed by atoms with E-state index in [1.54, 1.807) is 4.57 Å². The van der Waals surface area contributed by atoms with E-state index < -0.39 is 17.4 Å². The molecular weight excluding hydrogens is 401 g/mol. The van der Waals surface area contributed by atoms with E-state index in [9.17, 15) is 9.59 Å². The second-order valence-corrected chi connectivity index (χ2v) is 8.03. The number of hydrogen-bond acceptors (Lipinski definition) is 5. The Morgan fingerprint density at radius 2 is 2.17 bits per heavy atom. The number of ether oxygens (including phenoxy) is 1. The molecule has 2 heterocycles. The van der Waals surface area contributed by atoms with Crippen LogP contribution in [0.2, 0.25) is 5.02 Å². The number of halogens is 2. The third-order valence-corrected chi connectivity index (χ3v) is 5.93. The molecule has 2 N–H and O–H groups in total. The second kappa shape index (κ2) is 7.84. The molecule has 4 rings (SSSR count). The molecule has 1 aromatic carbocycles. The molecule has 1 atom stereocenters. The number of carbonyl (C=O) groups is 1. The highest BCUT2D eigenvalue weighted by atomic mass is 35.5. The average molecular weight is 424 g/mol. The molecule has 1 aliphatic carbocycles. The van der Waals surface area contributed by atoms with E-state index in [1.165, 1.54) is 6.20 Å². The SMILES string of the molecule is CCNCC1CCN(c2c(F)cc3c(=O)c(OC(=O)O)cn(C4CC4)c3c2Cl)C1. The molecule has 1 aliphatic heterocycles. The molecule has 1 saturated heterocycles. The first-order chi connectivity index (χ1) is 13.9. The van der Waals surface area contributed by atoms with E-state index in [2.05, 4.69) is 10.1 Å². The lowest BCUT2D eigenvalue weighted by Gasteiger charge is -2.23. The van der Waals surface area contributed by atoms with Crippen LogP contribution < -0.4 is 20.4 Å². The van der Waals surface area contributed by atoms with Crippen LogP contribution in [-0.4, -0.2) is 42.0 Å². The lowest BCUT2D eigenvalue weighted by atomic mass is 10.1. The highest BCUT2D eigenvalue weighted by Crippen LogP contribution is 2.43. The summed E-state index contributed by atoms with van der Waals surface area (Å²) < 4.78 is 21.5. The van der Waals surface area contributed by atoms with Gasteiger partial charge in [-0.05, 0) is 44.3 Å². The van der Waals surface area contributed by atoms with Crippen molar-refractivity contribution in [3.8, 4) is 5.75 Å². The number of benzene rings is 1. The van der Waals surface area contributed by atoms with Gasteiger partial charge in [0.05, 0.1) is 27.8 Å². The molecule has 1 aromatic heterocycles. The van der Waals surface area contributed by atoms with E-state index in [0.29, 0.717) is 30.2 Å². The Kier molecular flexibility index (Phi) is 5.40. The maximum absolute atomic E-state index is 15.1. The Morgan fingerprint density at radius 3 is 2.83 bits per heavy atom. The molecule has 0 amide bonds.